The van der Waals surface area contributed by atoms with Crippen LogP contribution in [-0.4, -0.2) is 17.3 Å². The third-order valence-electron chi connectivity index (χ3n) is 2.88. The zero-order valence-corrected chi connectivity index (χ0v) is 11.1. The molecule has 0 bridgehead atoms. The van der Waals surface area contributed by atoms with E-state index in [0.717, 1.165) is 17.1 Å². The molecule has 1 unspecified atom stereocenters. The molecule has 17 heavy (non-hydrogen) atoms. The average Bonchev–Trinajstić information content (AvgIpc) is 2.36. The molecule has 1 aromatic carbocycles. The molecular formula is C14H17NOS. The predicted octanol–water partition coefficient (Wildman–Crippen LogP) is 3.18. The quantitative estimate of drug-likeness (QED) is 0.725. The van der Waals surface area contributed by atoms with Gasteiger partial charge in [-0.3, -0.25) is 4.79 Å². The van der Waals surface area contributed by atoms with E-state index in [1.54, 1.807) is 11.8 Å². The van der Waals surface area contributed by atoms with E-state index in [9.17, 15) is 10.1 Å². The van der Waals surface area contributed by atoms with E-state index in [1.165, 1.54) is 6.92 Å². The third-order valence-corrected chi connectivity index (χ3v) is 3.79. The maximum absolute atomic E-state index is 11.9. The van der Waals surface area contributed by atoms with Gasteiger partial charge in [-0.1, -0.05) is 37.3 Å². The summed E-state index contributed by atoms with van der Waals surface area (Å²) in [7, 11) is 0. The van der Waals surface area contributed by atoms with Gasteiger partial charge in [0.1, 0.15) is 5.41 Å². The summed E-state index contributed by atoms with van der Waals surface area (Å²) in [5.41, 5.74) is -0.157. The van der Waals surface area contributed by atoms with Gasteiger partial charge in [-0.05, 0) is 30.4 Å². The van der Waals surface area contributed by atoms with E-state index in [1.807, 2.05) is 30.3 Å². The summed E-state index contributed by atoms with van der Waals surface area (Å²) in [6, 6.07) is 11.6. The Hall–Kier alpha value is -1.27. The maximum Gasteiger partial charge on any atom is 0.154 e. The molecular weight excluding hydrogens is 230 g/mol. The molecule has 1 atom stereocenters. The summed E-state index contributed by atoms with van der Waals surface area (Å²) in [5.74, 6) is 1.77. The lowest BCUT2D eigenvalue weighted by atomic mass is 9.76. The first-order chi connectivity index (χ1) is 8.17. The van der Waals surface area contributed by atoms with Crippen molar-refractivity contribution in [2.24, 2.45) is 0 Å². The molecule has 0 aromatic heterocycles. The summed E-state index contributed by atoms with van der Waals surface area (Å²) in [4.78, 5) is 11.9. The molecule has 0 radical (unpaired) electrons. The Labute approximate surface area is 107 Å². The summed E-state index contributed by atoms with van der Waals surface area (Å²) >= 11 is 1.76. The number of hydrogen-bond acceptors (Lipinski definition) is 3. The second-order valence-electron chi connectivity index (χ2n) is 3.89. The van der Waals surface area contributed by atoms with Crippen LogP contribution in [-0.2, 0) is 10.2 Å². The van der Waals surface area contributed by atoms with Gasteiger partial charge in [0.15, 0.2) is 5.78 Å². The van der Waals surface area contributed by atoms with Crippen molar-refractivity contribution in [3.05, 3.63) is 35.9 Å². The Kier molecular flexibility index (Phi) is 5.24. The van der Waals surface area contributed by atoms with Gasteiger partial charge in [-0.15, -0.1) is 0 Å². The van der Waals surface area contributed by atoms with Gasteiger partial charge in [0.05, 0.1) is 6.07 Å². The maximum atomic E-state index is 11.9. The summed E-state index contributed by atoms with van der Waals surface area (Å²) in [5, 5.41) is 9.42. The van der Waals surface area contributed by atoms with Gasteiger partial charge < -0.3 is 0 Å². The van der Waals surface area contributed by atoms with E-state index in [2.05, 4.69) is 13.0 Å². The molecule has 0 saturated carbocycles. The highest BCUT2D eigenvalue weighted by Crippen LogP contribution is 2.30. The van der Waals surface area contributed by atoms with Crippen LogP contribution in [0.1, 0.15) is 25.8 Å². The van der Waals surface area contributed by atoms with E-state index < -0.39 is 5.41 Å². The minimum absolute atomic E-state index is 0.0668. The Morgan fingerprint density at radius 1 is 1.41 bits per heavy atom. The smallest absolute Gasteiger partial charge is 0.154 e. The standard InChI is InChI=1S/C14H17NOS/c1-3-17-10-9-14(11-15,12(2)16)13-7-5-4-6-8-13/h4-8H,3,9-10H2,1-2H3. The van der Waals surface area contributed by atoms with E-state index >= 15 is 0 Å². The minimum Gasteiger partial charge on any atom is -0.298 e. The van der Waals surface area contributed by atoms with Crippen molar-refractivity contribution in [3.63, 3.8) is 0 Å². The van der Waals surface area contributed by atoms with Crippen LogP contribution in [0.5, 0.6) is 0 Å². The fourth-order valence-corrected chi connectivity index (χ4v) is 2.55. The molecule has 0 aliphatic heterocycles. The molecule has 1 aromatic rings. The molecule has 0 amide bonds. The number of nitriles is 1. The van der Waals surface area contributed by atoms with Crippen molar-refractivity contribution < 1.29 is 4.79 Å². The van der Waals surface area contributed by atoms with Crippen molar-refractivity contribution in [2.75, 3.05) is 11.5 Å². The number of thioether (sulfide) groups is 1. The van der Waals surface area contributed by atoms with Crippen LogP contribution in [0.4, 0.5) is 0 Å². The van der Waals surface area contributed by atoms with Gasteiger partial charge >= 0.3 is 0 Å². The molecule has 2 nitrogen and oxygen atoms in total. The molecule has 0 aliphatic rings. The zero-order valence-electron chi connectivity index (χ0n) is 10.3. The first-order valence-corrected chi connectivity index (χ1v) is 6.88. The van der Waals surface area contributed by atoms with Crippen LogP contribution in [0.2, 0.25) is 0 Å². The second-order valence-corrected chi connectivity index (χ2v) is 5.28. The Bertz CT molecular complexity index is 410. The normalized spacial score (nSPS) is 13.7. The number of hydrogen-bond donors (Lipinski definition) is 0. The van der Waals surface area contributed by atoms with Crippen molar-refractivity contribution in [3.8, 4) is 6.07 Å². The topological polar surface area (TPSA) is 40.9 Å². The van der Waals surface area contributed by atoms with Gasteiger partial charge in [-0.25, -0.2) is 0 Å². The Morgan fingerprint density at radius 2 is 2.06 bits per heavy atom. The average molecular weight is 247 g/mol. The van der Waals surface area contributed by atoms with Crippen molar-refractivity contribution in [2.45, 2.75) is 25.7 Å². The number of nitrogens with zero attached hydrogens (tertiary/aromatic N) is 1. The Morgan fingerprint density at radius 3 is 2.53 bits per heavy atom. The molecule has 0 N–H and O–H groups in total. The number of benzene rings is 1. The lowest BCUT2D eigenvalue weighted by Crippen LogP contribution is -2.33. The number of carbonyl (C=O) groups is 1. The van der Waals surface area contributed by atoms with Crippen LogP contribution < -0.4 is 0 Å². The monoisotopic (exact) mass is 247 g/mol. The number of carbonyl (C=O) groups excluding carboxylic acids is 1. The number of Topliss-reactive ketones (excluding diaryl/α,β-unsaturated/α-hetero) is 1. The lowest BCUT2D eigenvalue weighted by molar-refractivity contribution is -0.120. The van der Waals surface area contributed by atoms with E-state index in [0.29, 0.717) is 6.42 Å². The van der Waals surface area contributed by atoms with Gasteiger partial charge in [-0.2, -0.15) is 17.0 Å². The zero-order chi connectivity index (χ0) is 12.7. The largest absolute Gasteiger partial charge is 0.298 e. The summed E-state index contributed by atoms with van der Waals surface area (Å²) < 4.78 is 0. The molecule has 1 rings (SSSR count). The molecule has 0 spiro atoms. The first-order valence-electron chi connectivity index (χ1n) is 5.73. The SMILES string of the molecule is CCSCCC(C#N)(C(C)=O)c1ccccc1. The van der Waals surface area contributed by atoms with Crippen molar-refractivity contribution >= 4 is 17.5 Å². The molecule has 0 aliphatic carbocycles. The highest BCUT2D eigenvalue weighted by Gasteiger charge is 2.36. The fraction of sp³-hybridized carbons (Fsp3) is 0.429. The van der Waals surface area contributed by atoms with Gasteiger partial charge in [0, 0.05) is 0 Å². The summed E-state index contributed by atoms with van der Waals surface area (Å²) in [6.07, 6.45) is 0.585. The lowest BCUT2D eigenvalue weighted by Gasteiger charge is -2.23. The highest BCUT2D eigenvalue weighted by molar-refractivity contribution is 7.99. The van der Waals surface area contributed by atoms with Crippen LogP contribution in [0.3, 0.4) is 0 Å². The van der Waals surface area contributed by atoms with Crippen LogP contribution >= 0.6 is 11.8 Å². The molecule has 90 valence electrons. The molecule has 0 heterocycles. The number of ketones is 1. The third kappa shape index (κ3) is 3.10. The molecule has 0 fully saturated rings. The van der Waals surface area contributed by atoms with Gasteiger partial charge in [0.2, 0.25) is 0 Å². The highest BCUT2D eigenvalue weighted by atomic mass is 32.2. The van der Waals surface area contributed by atoms with Crippen molar-refractivity contribution in [1.29, 1.82) is 5.26 Å². The Balaban J connectivity index is 3.02. The van der Waals surface area contributed by atoms with E-state index in [-0.39, 0.29) is 5.78 Å². The second kappa shape index (κ2) is 6.46. The molecule has 0 saturated heterocycles. The minimum atomic E-state index is -0.969. The van der Waals surface area contributed by atoms with Crippen LogP contribution in [0.15, 0.2) is 30.3 Å². The van der Waals surface area contributed by atoms with Crippen molar-refractivity contribution in [1.82, 2.24) is 0 Å². The predicted molar refractivity (Wildman–Crippen MR) is 72.0 cm³/mol. The first kappa shape index (κ1) is 13.8. The summed E-state index contributed by atoms with van der Waals surface area (Å²) in [6.45, 7) is 3.59. The van der Waals surface area contributed by atoms with E-state index in [4.69, 9.17) is 0 Å². The molecule has 3 heteroatoms. The van der Waals surface area contributed by atoms with Gasteiger partial charge in [0.25, 0.3) is 0 Å². The van der Waals surface area contributed by atoms with Crippen LogP contribution in [0, 0.1) is 11.3 Å². The number of rotatable bonds is 6. The van der Waals surface area contributed by atoms with Crippen LogP contribution in [0.25, 0.3) is 0 Å². The fourth-order valence-electron chi connectivity index (χ4n) is 1.82.